The summed E-state index contributed by atoms with van der Waals surface area (Å²) in [6.07, 6.45) is 0. The first kappa shape index (κ1) is 15.5. The number of nitrogens with one attached hydrogen (secondary N) is 2. The third-order valence-corrected chi connectivity index (χ3v) is 4.88. The van der Waals surface area contributed by atoms with Crippen molar-refractivity contribution in [3.63, 3.8) is 0 Å². The number of anilines is 2. The van der Waals surface area contributed by atoms with Crippen molar-refractivity contribution < 1.29 is 4.79 Å². The number of fused-ring (bicyclic) bond motifs is 2. The van der Waals surface area contributed by atoms with Crippen LogP contribution >= 0.6 is 0 Å². The molecule has 1 heterocycles. The monoisotopic (exact) mass is 353 g/mol. The maximum atomic E-state index is 13.3. The molecular weight excluding hydrogens is 338 g/mol. The average molecular weight is 353 g/mol. The molecule has 0 atom stereocenters. The average Bonchev–Trinajstić information content (AvgIpc) is 2.68. The first-order valence-electron chi connectivity index (χ1n) is 8.66. The standard InChI is InChI=1S/C22H15N3O2/c1-12-6-8-13(9-7-12)23-17-11-10-16-18-19(17)21(26)15-5-3-2-4-14(15)20(18)25-22(27)24-16/h2-11,23H,1H3,(H,24,25,27). The molecule has 2 N–H and O–H groups in total. The second-order valence-corrected chi connectivity index (χ2v) is 6.67. The van der Waals surface area contributed by atoms with Crippen molar-refractivity contribution in [2.45, 2.75) is 6.92 Å². The van der Waals surface area contributed by atoms with Gasteiger partial charge in [-0.05, 0) is 31.2 Å². The SMILES string of the molecule is Cc1ccc(Nc2ccc3[nH]c(=O)nc4c3c2C(=O)c2ccccc2-4)cc1. The van der Waals surface area contributed by atoms with Gasteiger partial charge < -0.3 is 10.3 Å². The summed E-state index contributed by atoms with van der Waals surface area (Å²) in [7, 11) is 0. The number of carbonyl (C=O) groups excluding carboxylic acids is 1. The van der Waals surface area contributed by atoms with Crippen molar-refractivity contribution in [2.75, 3.05) is 5.32 Å². The van der Waals surface area contributed by atoms with Gasteiger partial charge in [0.1, 0.15) is 0 Å². The number of ketones is 1. The Hall–Kier alpha value is -3.73. The fraction of sp³-hybridized carbons (Fsp3) is 0.0455. The van der Waals surface area contributed by atoms with E-state index in [1.54, 1.807) is 6.07 Å². The van der Waals surface area contributed by atoms with Crippen molar-refractivity contribution in [2.24, 2.45) is 0 Å². The van der Waals surface area contributed by atoms with E-state index in [0.717, 1.165) is 11.3 Å². The molecule has 1 aliphatic rings. The molecule has 0 aliphatic heterocycles. The number of H-pyrrole nitrogens is 1. The number of benzene rings is 3. The molecule has 1 aromatic heterocycles. The van der Waals surface area contributed by atoms with Crippen LogP contribution in [0.5, 0.6) is 0 Å². The van der Waals surface area contributed by atoms with Crippen LogP contribution in [0.1, 0.15) is 21.5 Å². The van der Waals surface area contributed by atoms with Crippen LogP contribution < -0.4 is 11.0 Å². The number of rotatable bonds is 2. The van der Waals surface area contributed by atoms with Crippen LogP contribution in [0, 0.1) is 6.92 Å². The lowest BCUT2D eigenvalue weighted by atomic mass is 9.86. The second-order valence-electron chi connectivity index (χ2n) is 6.67. The van der Waals surface area contributed by atoms with Gasteiger partial charge in [-0.25, -0.2) is 4.79 Å². The molecule has 0 saturated heterocycles. The van der Waals surface area contributed by atoms with Gasteiger partial charge in [-0.15, -0.1) is 0 Å². The maximum Gasteiger partial charge on any atom is 0.345 e. The first-order chi connectivity index (χ1) is 13.1. The summed E-state index contributed by atoms with van der Waals surface area (Å²) in [4.78, 5) is 32.2. The van der Waals surface area contributed by atoms with Gasteiger partial charge in [0.05, 0.1) is 22.5 Å². The molecule has 5 rings (SSSR count). The van der Waals surface area contributed by atoms with Crippen LogP contribution in [0.25, 0.3) is 22.2 Å². The lowest BCUT2D eigenvalue weighted by molar-refractivity contribution is 0.104. The highest BCUT2D eigenvalue weighted by Crippen LogP contribution is 2.40. The minimum absolute atomic E-state index is 0.0767. The number of aromatic amines is 1. The van der Waals surface area contributed by atoms with Crippen LogP contribution in [0.4, 0.5) is 11.4 Å². The third kappa shape index (κ3) is 2.36. The van der Waals surface area contributed by atoms with E-state index in [-0.39, 0.29) is 5.78 Å². The van der Waals surface area contributed by atoms with Crippen molar-refractivity contribution in [3.05, 3.63) is 87.8 Å². The Bertz CT molecular complexity index is 1290. The van der Waals surface area contributed by atoms with Crippen LogP contribution in [0.15, 0.2) is 65.5 Å². The van der Waals surface area contributed by atoms with E-state index in [1.165, 1.54) is 0 Å². The minimum Gasteiger partial charge on any atom is -0.355 e. The quantitative estimate of drug-likeness (QED) is 0.499. The zero-order valence-electron chi connectivity index (χ0n) is 14.5. The first-order valence-corrected chi connectivity index (χ1v) is 8.66. The zero-order valence-corrected chi connectivity index (χ0v) is 14.5. The number of hydrogen-bond acceptors (Lipinski definition) is 4. The van der Waals surface area contributed by atoms with Crippen LogP contribution in [-0.2, 0) is 0 Å². The number of carbonyl (C=O) groups is 1. The summed E-state index contributed by atoms with van der Waals surface area (Å²) in [5.74, 6) is -0.0767. The molecule has 5 nitrogen and oxygen atoms in total. The summed E-state index contributed by atoms with van der Waals surface area (Å²) >= 11 is 0. The van der Waals surface area contributed by atoms with E-state index in [9.17, 15) is 9.59 Å². The second kappa shape index (κ2) is 5.64. The molecule has 0 saturated carbocycles. The van der Waals surface area contributed by atoms with Crippen LogP contribution in [0.3, 0.4) is 0 Å². The molecule has 0 radical (unpaired) electrons. The molecule has 0 fully saturated rings. The van der Waals surface area contributed by atoms with Gasteiger partial charge in [0.2, 0.25) is 0 Å². The Balaban J connectivity index is 1.81. The Morgan fingerprint density at radius 3 is 2.41 bits per heavy atom. The highest BCUT2D eigenvalue weighted by molar-refractivity contribution is 6.27. The molecular formula is C22H15N3O2. The van der Waals surface area contributed by atoms with Crippen molar-refractivity contribution in [1.82, 2.24) is 9.97 Å². The molecule has 4 aromatic rings. The van der Waals surface area contributed by atoms with Crippen molar-refractivity contribution >= 4 is 28.1 Å². The van der Waals surface area contributed by atoms with E-state index in [1.807, 2.05) is 61.5 Å². The van der Waals surface area contributed by atoms with Gasteiger partial charge in [-0.2, -0.15) is 4.98 Å². The van der Waals surface area contributed by atoms with E-state index in [0.29, 0.717) is 39.0 Å². The predicted octanol–water partition coefficient (Wildman–Crippen LogP) is 4.19. The third-order valence-electron chi connectivity index (χ3n) is 4.88. The predicted molar refractivity (Wildman–Crippen MR) is 106 cm³/mol. The molecule has 5 heteroatoms. The summed E-state index contributed by atoms with van der Waals surface area (Å²) in [6, 6.07) is 18.9. The van der Waals surface area contributed by atoms with E-state index in [4.69, 9.17) is 0 Å². The highest BCUT2D eigenvalue weighted by Gasteiger charge is 2.29. The van der Waals surface area contributed by atoms with Gasteiger partial charge in [0.15, 0.2) is 5.78 Å². The number of aryl methyl sites for hydroxylation is 1. The van der Waals surface area contributed by atoms with Gasteiger partial charge >= 0.3 is 5.69 Å². The normalized spacial score (nSPS) is 12.1. The van der Waals surface area contributed by atoms with Gasteiger partial charge in [-0.1, -0.05) is 42.0 Å². The summed E-state index contributed by atoms with van der Waals surface area (Å²) in [5, 5.41) is 4.02. The number of nitrogens with zero attached hydrogens (tertiary/aromatic N) is 1. The number of aromatic nitrogens is 2. The van der Waals surface area contributed by atoms with Gasteiger partial charge in [0.25, 0.3) is 0 Å². The minimum atomic E-state index is -0.424. The lowest BCUT2D eigenvalue weighted by Crippen LogP contribution is -2.19. The molecule has 0 spiro atoms. The number of hydrogen-bond donors (Lipinski definition) is 2. The molecule has 130 valence electrons. The molecule has 27 heavy (non-hydrogen) atoms. The summed E-state index contributed by atoms with van der Waals surface area (Å²) in [6.45, 7) is 2.03. The lowest BCUT2D eigenvalue weighted by Gasteiger charge is -2.21. The Labute approximate surface area is 154 Å². The Morgan fingerprint density at radius 2 is 1.63 bits per heavy atom. The smallest absolute Gasteiger partial charge is 0.345 e. The Morgan fingerprint density at radius 1 is 0.889 bits per heavy atom. The highest BCUT2D eigenvalue weighted by atomic mass is 16.1. The Kier molecular flexibility index (Phi) is 3.24. The largest absolute Gasteiger partial charge is 0.355 e. The van der Waals surface area contributed by atoms with Crippen LogP contribution in [-0.4, -0.2) is 15.8 Å². The molecule has 3 aromatic carbocycles. The topological polar surface area (TPSA) is 74.8 Å². The van der Waals surface area contributed by atoms with Gasteiger partial charge in [-0.3, -0.25) is 4.79 Å². The fourth-order valence-electron chi connectivity index (χ4n) is 3.60. The molecule has 0 unspecified atom stereocenters. The molecule has 0 amide bonds. The zero-order chi connectivity index (χ0) is 18.5. The molecule has 0 bridgehead atoms. The van der Waals surface area contributed by atoms with Crippen molar-refractivity contribution in [3.8, 4) is 11.3 Å². The molecule has 1 aliphatic carbocycles. The summed E-state index contributed by atoms with van der Waals surface area (Å²) in [5.41, 5.74) is 5.26. The van der Waals surface area contributed by atoms with E-state index in [2.05, 4.69) is 15.3 Å². The van der Waals surface area contributed by atoms with Crippen LogP contribution in [0.2, 0.25) is 0 Å². The van der Waals surface area contributed by atoms with Gasteiger partial charge in [0, 0.05) is 22.2 Å². The van der Waals surface area contributed by atoms with Crippen molar-refractivity contribution in [1.29, 1.82) is 0 Å². The summed E-state index contributed by atoms with van der Waals surface area (Å²) < 4.78 is 0. The maximum absolute atomic E-state index is 13.3. The van der Waals surface area contributed by atoms with E-state index >= 15 is 0 Å². The fourth-order valence-corrected chi connectivity index (χ4v) is 3.60. The van der Waals surface area contributed by atoms with E-state index < -0.39 is 5.69 Å².